The van der Waals surface area contributed by atoms with Crippen LogP contribution in [0.4, 0.5) is 5.69 Å². The lowest BCUT2D eigenvalue weighted by atomic mass is 10.2. The van der Waals surface area contributed by atoms with Gasteiger partial charge in [0.15, 0.2) is 5.11 Å². The summed E-state index contributed by atoms with van der Waals surface area (Å²) >= 11 is 20.5. The Labute approximate surface area is 185 Å². The van der Waals surface area contributed by atoms with Gasteiger partial charge in [0.2, 0.25) is 5.91 Å². The van der Waals surface area contributed by atoms with Gasteiger partial charge in [-0.1, -0.05) is 45.2 Å². The summed E-state index contributed by atoms with van der Waals surface area (Å²) in [6.07, 6.45) is 2.88. The third-order valence-electron chi connectivity index (χ3n) is 3.49. The summed E-state index contributed by atoms with van der Waals surface area (Å²) in [6, 6.07) is 16.1. The third-order valence-corrected chi connectivity index (χ3v) is 4.63. The maximum Gasteiger partial charge on any atom is 0.250 e. The molecule has 0 aliphatic carbocycles. The van der Waals surface area contributed by atoms with Crippen LogP contribution in [0.2, 0.25) is 10.0 Å². The third kappa shape index (κ3) is 5.94. The first-order valence-electron chi connectivity index (χ1n) is 8.01. The van der Waals surface area contributed by atoms with Crippen molar-refractivity contribution in [3.05, 3.63) is 81.0 Å². The quantitative estimate of drug-likeness (QED) is 0.318. The molecule has 2 N–H and O–H groups in total. The first-order valence-corrected chi connectivity index (χ1v) is 9.97. The molecule has 3 rings (SSSR count). The Morgan fingerprint density at radius 2 is 1.82 bits per heavy atom. The molecular formula is C20H13BrCl2N2O2S. The Balaban J connectivity index is 1.60. The van der Waals surface area contributed by atoms with Crippen molar-refractivity contribution < 1.29 is 9.21 Å². The van der Waals surface area contributed by atoms with Crippen LogP contribution < -0.4 is 10.6 Å². The maximum absolute atomic E-state index is 12.0. The molecular weight excluding hydrogens is 483 g/mol. The van der Waals surface area contributed by atoms with Crippen molar-refractivity contribution in [3.63, 3.8) is 0 Å². The number of nitrogens with one attached hydrogen (secondary N) is 2. The number of hydrogen-bond donors (Lipinski definition) is 2. The van der Waals surface area contributed by atoms with Crippen molar-refractivity contribution in [2.24, 2.45) is 0 Å². The fraction of sp³-hybridized carbons (Fsp3) is 0. The van der Waals surface area contributed by atoms with Crippen LogP contribution in [0.1, 0.15) is 5.76 Å². The van der Waals surface area contributed by atoms with Crippen LogP contribution >= 0.6 is 51.3 Å². The number of amides is 1. The molecule has 1 heterocycles. The van der Waals surface area contributed by atoms with Gasteiger partial charge in [-0.15, -0.1) is 0 Å². The van der Waals surface area contributed by atoms with Crippen LogP contribution in [0.5, 0.6) is 0 Å². The smallest absolute Gasteiger partial charge is 0.250 e. The van der Waals surface area contributed by atoms with E-state index in [0.717, 1.165) is 15.7 Å². The lowest BCUT2D eigenvalue weighted by molar-refractivity contribution is -0.115. The zero-order chi connectivity index (χ0) is 20.1. The molecule has 0 saturated heterocycles. The van der Waals surface area contributed by atoms with E-state index in [9.17, 15) is 4.79 Å². The Hall–Kier alpha value is -2.12. The van der Waals surface area contributed by atoms with Gasteiger partial charge in [0, 0.05) is 31.8 Å². The van der Waals surface area contributed by atoms with E-state index in [-0.39, 0.29) is 11.0 Å². The molecule has 28 heavy (non-hydrogen) atoms. The molecule has 0 aliphatic rings. The lowest BCUT2D eigenvalue weighted by Crippen LogP contribution is -2.32. The van der Waals surface area contributed by atoms with Crippen LogP contribution in [-0.2, 0) is 4.79 Å². The number of benzene rings is 2. The molecule has 0 fully saturated rings. The van der Waals surface area contributed by atoms with Crippen LogP contribution in [0.25, 0.3) is 17.4 Å². The largest absolute Gasteiger partial charge is 0.457 e. The van der Waals surface area contributed by atoms with E-state index >= 15 is 0 Å². The molecule has 1 amide bonds. The minimum atomic E-state index is -0.378. The van der Waals surface area contributed by atoms with Crippen molar-refractivity contribution in [2.75, 3.05) is 5.32 Å². The summed E-state index contributed by atoms with van der Waals surface area (Å²) in [4.78, 5) is 12.0. The topological polar surface area (TPSA) is 54.3 Å². The van der Waals surface area contributed by atoms with E-state index in [1.165, 1.54) is 6.08 Å². The number of carbonyl (C=O) groups excluding carboxylic acids is 1. The van der Waals surface area contributed by atoms with E-state index < -0.39 is 0 Å². The number of anilines is 1. The number of furan rings is 1. The second kappa shape index (κ2) is 9.39. The van der Waals surface area contributed by atoms with Crippen LogP contribution in [0.15, 0.2) is 69.6 Å². The number of halogens is 3. The SMILES string of the molecule is O=C(/C=C/c1ccc(-c2cc(Cl)cc(Cl)c2)o1)NC(=S)Nc1cccc(Br)c1. The second-order valence-electron chi connectivity index (χ2n) is 5.65. The standard InChI is InChI=1S/C20H13BrCl2N2O2S/c21-13-2-1-3-16(10-13)24-20(28)25-19(26)7-5-17-4-6-18(27-17)12-8-14(22)11-15(23)9-12/h1-11H,(H2,24,25,26,28)/b7-5+. The number of rotatable bonds is 4. The predicted octanol–water partition coefficient (Wildman–Crippen LogP) is 6.54. The highest BCUT2D eigenvalue weighted by Crippen LogP contribution is 2.28. The highest BCUT2D eigenvalue weighted by atomic mass is 79.9. The van der Waals surface area contributed by atoms with Crippen LogP contribution in [-0.4, -0.2) is 11.0 Å². The van der Waals surface area contributed by atoms with Crippen molar-refractivity contribution in [1.82, 2.24) is 5.32 Å². The van der Waals surface area contributed by atoms with E-state index in [4.69, 9.17) is 39.8 Å². The van der Waals surface area contributed by atoms with Gasteiger partial charge < -0.3 is 9.73 Å². The molecule has 142 valence electrons. The Bertz CT molecular complexity index is 1050. The summed E-state index contributed by atoms with van der Waals surface area (Å²) in [5.74, 6) is 0.722. The summed E-state index contributed by atoms with van der Waals surface area (Å²) in [5, 5.41) is 6.74. The van der Waals surface area contributed by atoms with E-state index in [1.807, 2.05) is 24.3 Å². The summed E-state index contributed by atoms with van der Waals surface area (Å²) in [7, 11) is 0. The fourth-order valence-corrected chi connectivity index (χ4v) is 3.48. The Morgan fingerprint density at radius 3 is 2.54 bits per heavy atom. The molecule has 8 heteroatoms. The molecule has 3 aromatic rings. The van der Waals surface area contributed by atoms with E-state index in [2.05, 4.69) is 26.6 Å². The van der Waals surface area contributed by atoms with Gasteiger partial charge in [0.05, 0.1) is 0 Å². The molecule has 0 spiro atoms. The van der Waals surface area contributed by atoms with Gasteiger partial charge in [-0.25, -0.2) is 0 Å². The van der Waals surface area contributed by atoms with Gasteiger partial charge in [-0.3, -0.25) is 10.1 Å². The zero-order valence-corrected chi connectivity index (χ0v) is 18.1. The minimum Gasteiger partial charge on any atom is -0.457 e. The van der Waals surface area contributed by atoms with Crippen molar-refractivity contribution in [2.45, 2.75) is 0 Å². The van der Waals surface area contributed by atoms with Crippen LogP contribution in [0.3, 0.4) is 0 Å². The van der Waals surface area contributed by atoms with Crippen molar-refractivity contribution in [3.8, 4) is 11.3 Å². The summed E-state index contributed by atoms with van der Waals surface area (Å²) in [5.41, 5.74) is 1.51. The van der Waals surface area contributed by atoms with Crippen molar-refractivity contribution in [1.29, 1.82) is 0 Å². The summed E-state index contributed by atoms with van der Waals surface area (Å²) < 4.78 is 6.61. The van der Waals surface area contributed by atoms with Gasteiger partial charge in [-0.05, 0) is 66.8 Å². The first-order chi connectivity index (χ1) is 13.4. The highest BCUT2D eigenvalue weighted by molar-refractivity contribution is 9.10. The molecule has 1 aromatic heterocycles. The van der Waals surface area contributed by atoms with Gasteiger partial charge in [-0.2, -0.15) is 0 Å². The van der Waals surface area contributed by atoms with Crippen LogP contribution in [0, 0.1) is 0 Å². The normalized spacial score (nSPS) is 10.8. The molecule has 0 radical (unpaired) electrons. The molecule has 0 unspecified atom stereocenters. The fourth-order valence-electron chi connectivity index (χ4n) is 2.33. The molecule has 0 saturated carbocycles. The van der Waals surface area contributed by atoms with Gasteiger partial charge in [0.1, 0.15) is 11.5 Å². The van der Waals surface area contributed by atoms with Gasteiger partial charge in [0.25, 0.3) is 0 Å². The second-order valence-corrected chi connectivity index (χ2v) is 7.84. The van der Waals surface area contributed by atoms with E-state index in [0.29, 0.717) is 21.6 Å². The first kappa shape index (κ1) is 20.6. The highest BCUT2D eigenvalue weighted by Gasteiger charge is 2.07. The molecule has 0 bridgehead atoms. The monoisotopic (exact) mass is 494 g/mol. The lowest BCUT2D eigenvalue weighted by Gasteiger charge is -2.08. The zero-order valence-electron chi connectivity index (χ0n) is 14.2. The van der Waals surface area contributed by atoms with Gasteiger partial charge >= 0.3 is 0 Å². The minimum absolute atomic E-state index is 0.196. The predicted molar refractivity (Wildman–Crippen MR) is 122 cm³/mol. The molecule has 4 nitrogen and oxygen atoms in total. The number of hydrogen-bond acceptors (Lipinski definition) is 3. The molecule has 0 atom stereocenters. The van der Waals surface area contributed by atoms with Crippen molar-refractivity contribution >= 4 is 74.1 Å². The molecule has 2 aromatic carbocycles. The summed E-state index contributed by atoms with van der Waals surface area (Å²) in [6.45, 7) is 0. The number of thiocarbonyl (C=S) groups is 1. The number of carbonyl (C=O) groups is 1. The average molecular weight is 496 g/mol. The maximum atomic E-state index is 12.0. The average Bonchev–Trinajstić information content (AvgIpc) is 3.08. The Kier molecular flexibility index (Phi) is 6.91. The molecule has 0 aliphatic heterocycles. The van der Waals surface area contributed by atoms with E-state index in [1.54, 1.807) is 36.4 Å². The Morgan fingerprint density at radius 1 is 1.07 bits per heavy atom.